The van der Waals surface area contributed by atoms with Gasteiger partial charge in [0.15, 0.2) is 0 Å². The lowest BCUT2D eigenvalue weighted by Crippen LogP contribution is -2.09. The van der Waals surface area contributed by atoms with E-state index in [-0.39, 0.29) is 0 Å². The average molecular weight is 298 g/mol. The maximum atomic E-state index is 5.56. The summed E-state index contributed by atoms with van der Waals surface area (Å²) in [5.41, 5.74) is 4.68. The summed E-state index contributed by atoms with van der Waals surface area (Å²) in [6.07, 6.45) is 6.40. The molecule has 22 heavy (non-hydrogen) atoms. The minimum atomic E-state index is 0.670. The molecule has 0 unspecified atom stereocenters. The minimum Gasteiger partial charge on any atom is -0.494 e. The summed E-state index contributed by atoms with van der Waals surface area (Å²) in [4.78, 5) is 4.45. The summed E-state index contributed by atoms with van der Waals surface area (Å²) >= 11 is 0. The van der Waals surface area contributed by atoms with Crippen molar-refractivity contribution in [3.8, 4) is 11.6 Å². The van der Waals surface area contributed by atoms with Crippen LogP contribution in [0.3, 0.4) is 0 Å². The van der Waals surface area contributed by atoms with E-state index in [1.807, 2.05) is 37.4 Å². The van der Waals surface area contributed by atoms with Gasteiger partial charge in [0.1, 0.15) is 5.75 Å². The smallest absolute Gasteiger partial charge is 0.216 e. The van der Waals surface area contributed by atoms with Crippen LogP contribution in [-0.4, -0.2) is 18.7 Å². The van der Waals surface area contributed by atoms with Crippen molar-refractivity contribution < 1.29 is 9.47 Å². The highest BCUT2D eigenvalue weighted by Gasteiger charge is 2.18. The molecule has 0 fully saturated rings. The Kier molecular flexibility index (Phi) is 4.47. The molecule has 0 spiro atoms. The number of rotatable bonds is 5. The number of nitrogens with one attached hydrogen (secondary N) is 1. The van der Waals surface area contributed by atoms with Crippen LogP contribution in [0.15, 0.2) is 30.5 Å². The Morgan fingerprint density at radius 2 is 2.00 bits per heavy atom. The first-order valence-electron chi connectivity index (χ1n) is 7.86. The monoisotopic (exact) mass is 298 g/mol. The van der Waals surface area contributed by atoms with Crippen LogP contribution in [0.1, 0.15) is 30.9 Å². The molecule has 1 heterocycles. The maximum Gasteiger partial charge on any atom is 0.216 e. The van der Waals surface area contributed by atoms with E-state index in [9.17, 15) is 0 Å². The molecule has 2 aromatic rings. The molecule has 3 rings (SSSR count). The third-order valence-corrected chi connectivity index (χ3v) is 3.98. The maximum absolute atomic E-state index is 5.56. The average Bonchev–Trinajstić information content (AvgIpc) is 2.56. The summed E-state index contributed by atoms with van der Waals surface area (Å²) in [6.45, 7) is 2.66. The van der Waals surface area contributed by atoms with E-state index in [2.05, 4.69) is 10.3 Å². The molecule has 1 aliphatic rings. The number of fused-ring (bicyclic) bond motifs is 1. The van der Waals surface area contributed by atoms with Gasteiger partial charge in [-0.15, -0.1) is 0 Å². The van der Waals surface area contributed by atoms with E-state index >= 15 is 0 Å². The van der Waals surface area contributed by atoms with Crippen molar-refractivity contribution in [3.05, 3.63) is 41.6 Å². The molecule has 4 nitrogen and oxygen atoms in total. The van der Waals surface area contributed by atoms with E-state index in [1.165, 1.54) is 24.0 Å². The molecule has 116 valence electrons. The largest absolute Gasteiger partial charge is 0.494 e. The highest BCUT2D eigenvalue weighted by Crippen LogP contribution is 2.34. The van der Waals surface area contributed by atoms with Crippen LogP contribution in [-0.2, 0) is 12.8 Å². The lowest BCUT2D eigenvalue weighted by Gasteiger charge is -2.21. The zero-order valence-electron chi connectivity index (χ0n) is 13.2. The van der Waals surface area contributed by atoms with Gasteiger partial charge in [0.25, 0.3) is 0 Å². The zero-order chi connectivity index (χ0) is 15.4. The van der Waals surface area contributed by atoms with Crippen LogP contribution < -0.4 is 14.8 Å². The summed E-state index contributed by atoms with van der Waals surface area (Å²) < 4.78 is 11.0. The van der Waals surface area contributed by atoms with Crippen LogP contribution in [0.2, 0.25) is 0 Å². The molecule has 1 aromatic heterocycles. The third kappa shape index (κ3) is 3.01. The molecule has 0 amide bonds. The van der Waals surface area contributed by atoms with E-state index in [0.29, 0.717) is 6.61 Å². The third-order valence-electron chi connectivity index (χ3n) is 3.98. The van der Waals surface area contributed by atoms with Crippen molar-refractivity contribution in [2.75, 3.05) is 19.0 Å². The quantitative estimate of drug-likeness (QED) is 0.902. The molecule has 1 aliphatic carbocycles. The van der Waals surface area contributed by atoms with Crippen LogP contribution in [0.4, 0.5) is 11.4 Å². The van der Waals surface area contributed by atoms with Crippen molar-refractivity contribution in [1.82, 2.24) is 4.98 Å². The first kappa shape index (κ1) is 14.7. The summed E-state index contributed by atoms with van der Waals surface area (Å²) in [5, 5.41) is 3.48. The number of benzene rings is 1. The number of pyridine rings is 1. The van der Waals surface area contributed by atoms with E-state index in [1.54, 1.807) is 7.11 Å². The lowest BCUT2D eigenvalue weighted by atomic mass is 9.91. The van der Waals surface area contributed by atoms with Gasteiger partial charge >= 0.3 is 0 Å². The highest BCUT2D eigenvalue weighted by molar-refractivity contribution is 5.66. The van der Waals surface area contributed by atoms with Crippen molar-refractivity contribution in [3.63, 3.8) is 0 Å². The fourth-order valence-electron chi connectivity index (χ4n) is 2.99. The van der Waals surface area contributed by atoms with Crippen molar-refractivity contribution in [2.24, 2.45) is 0 Å². The Bertz CT molecular complexity index is 656. The molecule has 0 aliphatic heterocycles. The van der Waals surface area contributed by atoms with Gasteiger partial charge in [-0.2, -0.15) is 0 Å². The van der Waals surface area contributed by atoms with Crippen LogP contribution in [0.5, 0.6) is 11.6 Å². The molecule has 0 saturated heterocycles. The Labute approximate surface area is 131 Å². The van der Waals surface area contributed by atoms with Gasteiger partial charge in [0, 0.05) is 17.3 Å². The number of hydrogen-bond acceptors (Lipinski definition) is 4. The molecule has 0 atom stereocenters. The first-order valence-corrected chi connectivity index (χ1v) is 7.86. The van der Waals surface area contributed by atoms with Crippen molar-refractivity contribution >= 4 is 11.4 Å². The number of aromatic nitrogens is 1. The van der Waals surface area contributed by atoms with Gasteiger partial charge in [-0.25, -0.2) is 4.98 Å². The number of anilines is 2. The summed E-state index contributed by atoms with van der Waals surface area (Å²) in [5.74, 6) is 1.64. The first-order chi connectivity index (χ1) is 10.8. The zero-order valence-corrected chi connectivity index (χ0v) is 13.2. The normalized spacial score (nSPS) is 13.4. The number of ether oxygens (including phenoxy) is 2. The van der Waals surface area contributed by atoms with Crippen molar-refractivity contribution in [1.29, 1.82) is 0 Å². The molecule has 1 aromatic carbocycles. The second-order valence-electron chi connectivity index (χ2n) is 5.43. The Balaban J connectivity index is 1.91. The van der Waals surface area contributed by atoms with Crippen molar-refractivity contribution in [2.45, 2.75) is 32.6 Å². The topological polar surface area (TPSA) is 43.4 Å². The van der Waals surface area contributed by atoms with Crippen LogP contribution >= 0.6 is 0 Å². The summed E-state index contributed by atoms with van der Waals surface area (Å²) in [6, 6.07) is 8.03. The molecular formula is C18H22N2O2. The van der Waals surface area contributed by atoms with Gasteiger partial charge in [-0.1, -0.05) is 6.07 Å². The standard InChI is InChI=1S/C18H22N2O2/c1-3-22-14-8-6-7-13(11-14)20-17-12-19-18(21-2)16-10-5-4-9-15(16)17/h6-8,11-12,20H,3-5,9-10H2,1-2H3. The van der Waals surface area contributed by atoms with Gasteiger partial charge in [0.2, 0.25) is 5.88 Å². The Hall–Kier alpha value is -2.23. The van der Waals surface area contributed by atoms with Crippen LogP contribution in [0, 0.1) is 0 Å². The number of nitrogens with zero attached hydrogens (tertiary/aromatic N) is 1. The van der Waals surface area contributed by atoms with Gasteiger partial charge in [0.05, 0.1) is 25.6 Å². The predicted octanol–water partition coefficient (Wildman–Crippen LogP) is 4.11. The predicted molar refractivity (Wildman–Crippen MR) is 88.3 cm³/mol. The van der Waals surface area contributed by atoms with Gasteiger partial charge in [-0.3, -0.25) is 0 Å². The van der Waals surface area contributed by atoms with Gasteiger partial charge < -0.3 is 14.8 Å². The highest BCUT2D eigenvalue weighted by atomic mass is 16.5. The molecule has 0 bridgehead atoms. The minimum absolute atomic E-state index is 0.670. The van der Waals surface area contributed by atoms with E-state index < -0.39 is 0 Å². The van der Waals surface area contributed by atoms with E-state index in [0.717, 1.165) is 35.8 Å². The van der Waals surface area contributed by atoms with E-state index in [4.69, 9.17) is 9.47 Å². The molecule has 1 N–H and O–H groups in total. The molecule has 0 saturated carbocycles. The number of methoxy groups -OCH3 is 1. The molecule has 4 heteroatoms. The molecule has 0 radical (unpaired) electrons. The SMILES string of the molecule is CCOc1cccc(Nc2cnc(OC)c3c2CCCC3)c1. The molecular weight excluding hydrogens is 276 g/mol. The second-order valence-corrected chi connectivity index (χ2v) is 5.43. The Morgan fingerprint density at radius 1 is 1.18 bits per heavy atom. The fourth-order valence-corrected chi connectivity index (χ4v) is 2.99. The fraction of sp³-hybridized carbons (Fsp3) is 0.389. The lowest BCUT2D eigenvalue weighted by molar-refractivity contribution is 0.340. The van der Waals surface area contributed by atoms with Gasteiger partial charge in [-0.05, 0) is 50.3 Å². The second kappa shape index (κ2) is 6.69. The Morgan fingerprint density at radius 3 is 2.77 bits per heavy atom. The number of hydrogen-bond donors (Lipinski definition) is 1. The summed E-state index contributed by atoms with van der Waals surface area (Å²) in [7, 11) is 1.69. The van der Waals surface area contributed by atoms with Crippen LogP contribution in [0.25, 0.3) is 0 Å².